The van der Waals surface area contributed by atoms with Crippen LogP contribution in [-0.4, -0.2) is 50.2 Å². The number of halogens is 1. The summed E-state index contributed by atoms with van der Waals surface area (Å²) in [4.78, 5) is 8.01. The molecule has 1 aromatic heterocycles. The normalized spacial score (nSPS) is 13.7. The van der Waals surface area contributed by atoms with Crippen molar-refractivity contribution >= 4 is 39.5 Å². The van der Waals surface area contributed by atoms with Crippen molar-refractivity contribution in [3.63, 3.8) is 0 Å². The van der Waals surface area contributed by atoms with Gasteiger partial charge < -0.3 is 4.98 Å². The zero-order chi connectivity index (χ0) is 18.8. The maximum absolute atomic E-state index is 12.7. The van der Waals surface area contributed by atoms with E-state index in [1.54, 1.807) is 14.1 Å². The summed E-state index contributed by atoms with van der Waals surface area (Å²) in [5, 5.41) is 1.29. The molecule has 5 nitrogen and oxygen atoms in total. The van der Waals surface area contributed by atoms with Crippen molar-refractivity contribution in [3.8, 4) is 0 Å². The Kier molecular flexibility index (Phi) is 7.30. The predicted octanol–water partition coefficient (Wildman–Crippen LogP) is 3.48. The number of sulfonamides is 1. The third kappa shape index (κ3) is 4.71. The van der Waals surface area contributed by atoms with Gasteiger partial charge in [0.05, 0.1) is 11.1 Å². The molecular formula is C16H32BrN3O2SSi. The first-order chi connectivity index (χ1) is 10.9. The molecule has 0 radical (unpaired) electrons. The van der Waals surface area contributed by atoms with Crippen LogP contribution >= 0.6 is 15.9 Å². The summed E-state index contributed by atoms with van der Waals surface area (Å²) in [7, 11) is -2.33. The average molecular weight is 439 g/mol. The fourth-order valence-electron chi connectivity index (χ4n) is 2.17. The number of hydrogen-bond acceptors (Lipinski definition) is 3. The molecule has 0 aliphatic heterocycles. The highest BCUT2D eigenvalue weighted by Gasteiger charge is 2.41. The van der Waals surface area contributed by atoms with Gasteiger partial charge in [0.25, 0.3) is 10.0 Å². The fourth-order valence-corrected chi connectivity index (χ4v) is 5.23. The van der Waals surface area contributed by atoms with E-state index in [1.165, 1.54) is 4.31 Å². The van der Waals surface area contributed by atoms with Gasteiger partial charge in [-0.05, 0) is 24.3 Å². The van der Waals surface area contributed by atoms with Crippen molar-refractivity contribution in [1.29, 1.82) is 0 Å². The molecule has 0 amide bonds. The molecule has 0 saturated carbocycles. The Morgan fingerprint density at radius 3 is 2.21 bits per heavy atom. The van der Waals surface area contributed by atoms with Crippen molar-refractivity contribution in [2.75, 3.05) is 19.4 Å². The number of hydrogen-bond donors (Lipinski definition) is 1. The lowest BCUT2D eigenvalue weighted by molar-refractivity contribution is 0.515. The number of nitrogens with one attached hydrogen (secondary N) is 1. The van der Waals surface area contributed by atoms with Gasteiger partial charge in [-0.25, -0.2) is 17.7 Å². The number of imidazole rings is 1. The molecule has 0 aromatic carbocycles. The number of aryl methyl sites for hydroxylation is 1. The molecule has 140 valence electrons. The van der Waals surface area contributed by atoms with E-state index in [-0.39, 0.29) is 10.1 Å². The quantitative estimate of drug-likeness (QED) is 0.384. The highest BCUT2D eigenvalue weighted by atomic mass is 79.9. The molecule has 24 heavy (non-hydrogen) atoms. The lowest BCUT2D eigenvalue weighted by atomic mass is 10.2. The standard InChI is InChI=1S/C16H32BrN3O2SSi/c1-16(2,3)24(6,7)15-18-13(11-9-8-10-12-17)14(19-15)23(21,22)20(4)5/h8-12H2,1-7H3,(H,18,19). The van der Waals surface area contributed by atoms with Gasteiger partial charge in [0.15, 0.2) is 5.03 Å². The molecule has 0 aliphatic carbocycles. The van der Waals surface area contributed by atoms with Crippen LogP contribution in [0.25, 0.3) is 0 Å². The average Bonchev–Trinajstić information content (AvgIpc) is 2.87. The van der Waals surface area contributed by atoms with Crippen molar-refractivity contribution in [2.45, 2.75) is 69.6 Å². The molecule has 1 aromatic rings. The van der Waals surface area contributed by atoms with Crippen LogP contribution in [-0.2, 0) is 16.4 Å². The Hall–Kier alpha value is -0.183. The van der Waals surface area contributed by atoms with Gasteiger partial charge in [-0.2, -0.15) is 0 Å². The van der Waals surface area contributed by atoms with Crippen molar-refractivity contribution in [3.05, 3.63) is 5.69 Å². The van der Waals surface area contributed by atoms with Crippen LogP contribution in [0.5, 0.6) is 0 Å². The summed E-state index contributed by atoms with van der Waals surface area (Å²) >= 11 is 3.44. The Balaban J connectivity index is 3.30. The molecule has 0 atom stereocenters. The molecule has 0 unspecified atom stereocenters. The Morgan fingerprint density at radius 2 is 1.75 bits per heavy atom. The molecular weight excluding hydrogens is 406 g/mol. The predicted molar refractivity (Wildman–Crippen MR) is 108 cm³/mol. The molecule has 0 fully saturated rings. The van der Waals surface area contributed by atoms with Crippen molar-refractivity contribution < 1.29 is 8.42 Å². The largest absolute Gasteiger partial charge is 0.349 e. The summed E-state index contributed by atoms with van der Waals surface area (Å²) in [5.74, 6) is 0. The Bertz CT molecular complexity index is 649. The van der Waals surface area contributed by atoms with E-state index in [2.05, 4.69) is 59.8 Å². The lowest BCUT2D eigenvalue weighted by Crippen LogP contribution is -2.51. The van der Waals surface area contributed by atoms with Crippen LogP contribution in [0.1, 0.15) is 45.7 Å². The van der Waals surface area contributed by atoms with E-state index in [4.69, 9.17) is 0 Å². The summed E-state index contributed by atoms with van der Waals surface area (Å²) < 4.78 is 26.6. The number of unbranched alkanes of at least 4 members (excludes halogenated alkanes) is 2. The molecule has 1 rings (SSSR count). The zero-order valence-electron chi connectivity index (χ0n) is 16.0. The van der Waals surface area contributed by atoms with Gasteiger partial charge in [0.2, 0.25) is 0 Å². The number of aromatic amines is 1. The number of alkyl halides is 1. The minimum absolute atomic E-state index is 0.0945. The highest BCUT2D eigenvalue weighted by molar-refractivity contribution is 9.09. The van der Waals surface area contributed by atoms with Gasteiger partial charge in [-0.3, -0.25) is 0 Å². The van der Waals surface area contributed by atoms with Gasteiger partial charge in [0.1, 0.15) is 8.07 Å². The molecule has 8 heteroatoms. The van der Waals surface area contributed by atoms with Gasteiger partial charge in [-0.1, -0.05) is 56.2 Å². The van der Waals surface area contributed by atoms with Crippen molar-refractivity contribution in [1.82, 2.24) is 14.3 Å². The van der Waals surface area contributed by atoms with Gasteiger partial charge >= 0.3 is 0 Å². The van der Waals surface area contributed by atoms with Crippen LogP contribution in [0.15, 0.2) is 5.03 Å². The molecule has 0 bridgehead atoms. The number of H-pyrrole nitrogens is 1. The SMILES string of the molecule is CN(C)S(=O)(=O)c1nc([Si](C)(C)C(C)(C)C)[nH]c1CCCCCBr. The number of aromatic nitrogens is 2. The van der Waals surface area contributed by atoms with Crippen LogP contribution < -0.4 is 5.45 Å². The molecule has 0 aliphatic rings. The molecule has 1 heterocycles. The second-order valence-electron chi connectivity index (χ2n) is 8.03. The second kappa shape index (κ2) is 8.01. The summed E-state index contributed by atoms with van der Waals surface area (Å²) in [6.45, 7) is 11.1. The van der Waals surface area contributed by atoms with Crippen molar-refractivity contribution in [2.24, 2.45) is 0 Å². The fraction of sp³-hybridized carbons (Fsp3) is 0.812. The summed E-state index contributed by atoms with van der Waals surface area (Å²) in [6.07, 6.45) is 3.85. The summed E-state index contributed by atoms with van der Waals surface area (Å²) in [6, 6.07) is 0. The smallest absolute Gasteiger partial charge is 0.261 e. The maximum Gasteiger partial charge on any atom is 0.261 e. The van der Waals surface area contributed by atoms with Gasteiger partial charge in [0, 0.05) is 19.4 Å². The Labute approximate surface area is 156 Å². The molecule has 0 saturated heterocycles. The zero-order valence-corrected chi connectivity index (χ0v) is 19.4. The van der Waals surface area contributed by atoms with Gasteiger partial charge in [-0.15, -0.1) is 0 Å². The highest BCUT2D eigenvalue weighted by Crippen LogP contribution is 2.35. The second-order valence-corrected chi connectivity index (χ2v) is 16.1. The number of rotatable bonds is 8. The third-order valence-corrected chi connectivity index (χ3v) is 12.5. The van der Waals surface area contributed by atoms with Crippen LogP contribution in [0.4, 0.5) is 0 Å². The van der Waals surface area contributed by atoms with Crippen LogP contribution in [0.3, 0.4) is 0 Å². The van der Waals surface area contributed by atoms with E-state index in [0.29, 0.717) is 0 Å². The topological polar surface area (TPSA) is 66.1 Å². The van der Waals surface area contributed by atoms with E-state index < -0.39 is 18.1 Å². The minimum Gasteiger partial charge on any atom is -0.349 e. The first kappa shape index (κ1) is 21.9. The minimum atomic E-state index is -3.53. The first-order valence-corrected chi connectivity index (χ1v) is 14.0. The van der Waals surface area contributed by atoms with E-state index in [1.807, 2.05) is 0 Å². The lowest BCUT2D eigenvalue weighted by Gasteiger charge is -2.34. The Morgan fingerprint density at radius 1 is 1.17 bits per heavy atom. The monoisotopic (exact) mass is 437 g/mol. The molecule has 1 N–H and O–H groups in total. The maximum atomic E-state index is 12.7. The van der Waals surface area contributed by atoms with E-state index >= 15 is 0 Å². The number of nitrogens with zero attached hydrogens (tertiary/aromatic N) is 2. The first-order valence-electron chi connectivity index (χ1n) is 8.43. The third-order valence-electron chi connectivity index (χ3n) is 4.99. The van der Waals surface area contributed by atoms with Crippen LogP contribution in [0.2, 0.25) is 18.1 Å². The summed E-state index contributed by atoms with van der Waals surface area (Å²) in [5.41, 5.74) is 1.64. The van der Waals surface area contributed by atoms with E-state index in [9.17, 15) is 8.42 Å². The van der Waals surface area contributed by atoms with Crippen LogP contribution in [0, 0.1) is 0 Å². The van der Waals surface area contributed by atoms with E-state index in [0.717, 1.165) is 42.2 Å². The molecule has 0 spiro atoms.